The molecule has 1 aliphatic carbocycles. The standard InChI is InChI=1S/C14H17FN2O3/c1-14(7-3-2-4-8-14)16-13(18)10-5-6-12(17(19)20)11(15)9-10/h5-6,9H,2-4,7-8H2,1H3,(H,16,18). The lowest BCUT2D eigenvalue weighted by atomic mass is 9.83. The minimum atomic E-state index is -0.989. The number of nitrogens with one attached hydrogen (secondary N) is 1. The van der Waals surface area contributed by atoms with E-state index in [4.69, 9.17) is 0 Å². The SMILES string of the molecule is CC1(NC(=O)c2ccc([N+](=O)[O-])c(F)c2)CCCCC1. The fraction of sp³-hybridized carbons (Fsp3) is 0.500. The summed E-state index contributed by atoms with van der Waals surface area (Å²) in [6, 6.07) is 3.22. The van der Waals surface area contributed by atoms with E-state index in [1.54, 1.807) is 0 Å². The number of nitro groups is 1. The van der Waals surface area contributed by atoms with Crippen LogP contribution in [-0.4, -0.2) is 16.4 Å². The lowest BCUT2D eigenvalue weighted by molar-refractivity contribution is -0.387. The molecule has 1 aromatic carbocycles. The minimum Gasteiger partial charge on any atom is -0.347 e. The third kappa shape index (κ3) is 3.12. The fourth-order valence-electron chi connectivity index (χ4n) is 2.60. The van der Waals surface area contributed by atoms with E-state index in [0.29, 0.717) is 0 Å². The molecule has 5 nitrogen and oxygen atoms in total. The van der Waals surface area contributed by atoms with Crippen LogP contribution in [0, 0.1) is 15.9 Å². The molecule has 0 aliphatic heterocycles. The number of nitrogens with zero attached hydrogens (tertiary/aromatic N) is 1. The Balaban J connectivity index is 2.13. The Bertz CT molecular complexity index is 539. The van der Waals surface area contributed by atoms with Gasteiger partial charge in [-0.3, -0.25) is 14.9 Å². The highest BCUT2D eigenvalue weighted by Crippen LogP contribution is 2.28. The molecule has 1 aliphatic rings. The highest BCUT2D eigenvalue weighted by Gasteiger charge is 2.29. The van der Waals surface area contributed by atoms with Gasteiger partial charge in [0.2, 0.25) is 5.82 Å². The first-order chi connectivity index (χ1) is 9.41. The quantitative estimate of drug-likeness (QED) is 0.682. The van der Waals surface area contributed by atoms with Crippen molar-refractivity contribution in [3.05, 3.63) is 39.7 Å². The second kappa shape index (κ2) is 5.56. The van der Waals surface area contributed by atoms with Gasteiger partial charge < -0.3 is 5.32 Å². The molecule has 0 saturated heterocycles. The maximum Gasteiger partial charge on any atom is 0.304 e. The van der Waals surface area contributed by atoms with E-state index in [2.05, 4.69) is 5.32 Å². The Morgan fingerprint density at radius 1 is 1.35 bits per heavy atom. The van der Waals surface area contributed by atoms with Crippen molar-refractivity contribution in [2.45, 2.75) is 44.6 Å². The fourth-order valence-corrected chi connectivity index (χ4v) is 2.60. The van der Waals surface area contributed by atoms with E-state index >= 15 is 0 Å². The van der Waals surface area contributed by atoms with Crippen molar-refractivity contribution in [3.63, 3.8) is 0 Å². The summed E-state index contributed by atoms with van der Waals surface area (Å²) in [5.41, 5.74) is -0.779. The molecule has 20 heavy (non-hydrogen) atoms. The summed E-state index contributed by atoms with van der Waals surface area (Å²) >= 11 is 0. The lowest BCUT2D eigenvalue weighted by Crippen LogP contribution is -2.47. The molecule has 0 unspecified atom stereocenters. The van der Waals surface area contributed by atoms with Gasteiger partial charge in [0, 0.05) is 17.2 Å². The second-order valence-electron chi connectivity index (χ2n) is 5.50. The van der Waals surface area contributed by atoms with Crippen LogP contribution in [0.5, 0.6) is 0 Å². The molecule has 0 heterocycles. The van der Waals surface area contributed by atoms with Crippen LogP contribution in [0.25, 0.3) is 0 Å². The van der Waals surface area contributed by atoms with Gasteiger partial charge in [-0.05, 0) is 31.9 Å². The van der Waals surface area contributed by atoms with Gasteiger partial charge in [-0.15, -0.1) is 0 Å². The Morgan fingerprint density at radius 3 is 2.55 bits per heavy atom. The molecule has 1 aromatic rings. The van der Waals surface area contributed by atoms with E-state index in [1.807, 2.05) is 6.92 Å². The van der Waals surface area contributed by atoms with Gasteiger partial charge in [0.15, 0.2) is 0 Å². The zero-order valence-electron chi connectivity index (χ0n) is 11.3. The van der Waals surface area contributed by atoms with E-state index in [1.165, 1.54) is 6.07 Å². The predicted octanol–water partition coefficient (Wildman–Crippen LogP) is 3.19. The molecule has 108 valence electrons. The van der Waals surface area contributed by atoms with Crippen molar-refractivity contribution >= 4 is 11.6 Å². The normalized spacial score (nSPS) is 17.5. The van der Waals surface area contributed by atoms with Crippen LogP contribution < -0.4 is 5.32 Å². The summed E-state index contributed by atoms with van der Waals surface area (Å²) in [6.07, 6.45) is 5.08. The summed E-state index contributed by atoms with van der Waals surface area (Å²) in [5.74, 6) is -1.38. The molecule has 1 fully saturated rings. The average molecular weight is 280 g/mol. The monoisotopic (exact) mass is 280 g/mol. The van der Waals surface area contributed by atoms with Gasteiger partial charge in [0.1, 0.15) is 0 Å². The molecule has 0 bridgehead atoms. The first kappa shape index (κ1) is 14.4. The molecule has 6 heteroatoms. The Labute approximate surface area is 116 Å². The third-order valence-corrected chi connectivity index (χ3v) is 3.78. The molecule has 0 atom stereocenters. The van der Waals surface area contributed by atoms with Crippen molar-refractivity contribution in [1.29, 1.82) is 0 Å². The number of benzene rings is 1. The van der Waals surface area contributed by atoms with E-state index in [9.17, 15) is 19.3 Å². The maximum absolute atomic E-state index is 13.5. The maximum atomic E-state index is 13.5. The molecule has 0 spiro atoms. The third-order valence-electron chi connectivity index (χ3n) is 3.78. The largest absolute Gasteiger partial charge is 0.347 e. The lowest BCUT2D eigenvalue weighted by Gasteiger charge is -2.34. The van der Waals surface area contributed by atoms with Gasteiger partial charge in [0.25, 0.3) is 5.91 Å². The van der Waals surface area contributed by atoms with Gasteiger partial charge in [0.05, 0.1) is 4.92 Å². The summed E-state index contributed by atoms with van der Waals surface area (Å²) in [6.45, 7) is 1.98. The van der Waals surface area contributed by atoms with E-state index in [-0.39, 0.29) is 17.0 Å². The molecule has 0 radical (unpaired) electrons. The Hall–Kier alpha value is -1.98. The molecular formula is C14H17FN2O3. The number of carbonyl (C=O) groups excluding carboxylic acids is 1. The topological polar surface area (TPSA) is 72.2 Å². The van der Waals surface area contributed by atoms with Crippen molar-refractivity contribution in [1.82, 2.24) is 5.32 Å². The first-order valence-electron chi connectivity index (χ1n) is 6.68. The number of rotatable bonds is 3. The summed E-state index contributed by atoms with van der Waals surface area (Å²) in [5, 5.41) is 13.4. The summed E-state index contributed by atoms with van der Waals surface area (Å²) in [4.78, 5) is 21.8. The number of carbonyl (C=O) groups is 1. The van der Waals surface area contributed by atoms with Gasteiger partial charge in [-0.25, -0.2) is 0 Å². The van der Waals surface area contributed by atoms with Crippen LogP contribution in [0.3, 0.4) is 0 Å². The zero-order valence-corrected chi connectivity index (χ0v) is 11.3. The highest BCUT2D eigenvalue weighted by molar-refractivity contribution is 5.94. The number of amides is 1. The molecule has 0 aromatic heterocycles. The number of halogens is 1. The smallest absolute Gasteiger partial charge is 0.304 e. The summed E-state index contributed by atoms with van der Waals surface area (Å²) in [7, 11) is 0. The zero-order chi connectivity index (χ0) is 14.8. The Kier molecular flexibility index (Phi) is 4.01. The van der Waals surface area contributed by atoms with Crippen LogP contribution in [0.4, 0.5) is 10.1 Å². The van der Waals surface area contributed by atoms with Crippen molar-refractivity contribution < 1.29 is 14.1 Å². The second-order valence-corrected chi connectivity index (χ2v) is 5.50. The van der Waals surface area contributed by atoms with Gasteiger partial charge >= 0.3 is 5.69 Å². The first-order valence-corrected chi connectivity index (χ1v) is 6.68. The average Bonchev–Trinajstić information content (AvgIpc) is 2.38. The highest BCUT2D eigenvalue weighted by atomic mass is 19.1. The van der Waals surface area contributed by atoms with Crippen LogP contribution in [0.1, 0.15) is 49.4 Å². The van der Waals surface area contributed by atoms with Crippen molar-refractivity contribution in [2.24, 2.45) is 0 Å². The van der Waals surface area contributed by atoms with Crippen LogP contribution in [-0.2, 0) is 0 Å². The molecular weight excluding hydrogens is 263 g/mol. The van der Waals surface area contributed by atoms with Gasteiger partial charge in [-0.2, -0.15) is 4.39 Å². The molecule has 1 saturated carbocycles. The molecule has 1 N–H and O–H groups in total. The predicted molar refractivity (Wildman–Crippen MR) is 72.0 cm³/mol. The number of nitro benzene ring substituents is 1. The molecule has 1 amide bonds. The number of hydrogen-bond acceptors (Lipinski definition) is 3. The van der Waals surface area contributed by atoms with E-state index < -0.39 is 16.4 Å². The van der Waals surface area contributed by atoms with Crippen LogP contribution in [0.15, 0.2) is 18.2 Å². The van der Waals surface area contributed by atoms with Crippen LogP contribution >= 0.6 is 0 Å². The van der Waals surface area contributed by atoms with Gasteiger partial charge in [-0.1, -0.05) is 19.3 Å². The minimum absolute atomic E-state index is 0.111. The molecule has 2 rings (SSSR count). The van der Waals surface area contributed by atoms with E-state index in [0.717, 1.165) is 44.2 Å². The van der Waals surface area contributed by atoms with Crippen molar-refractivity contribution in [3.8, 4) is 0 Å². The summed E-state index contributed by atoms with van der Waals surface area (Å²) < 4.78 is 13.5. The Morgan fingerprint density at radius 2 is 2.00 bits per heavy atom. The van der Waals surface area contributed by atoms with Crippen LogP contribution in [0.2, 0.25) is 0 Å². The van der Waals surface area contributed by atoms with Crippen molar-refractivity contribution in [2.75, 3.05) is 0 Å². The number of hydrogen-bond donors (Lipinski definition) is 1.